The van der Waals surface area contributed by atoms with E-state index in [1.165, 1.54) is 0 Å². The molecule has 2 amide bonds. The van der Waals surface area contributed by atoms with E-state index in [0.717, 1.165) is 5.56 Å². The van der Waals surface area contributed by atoms with Crippen molar-refractivity contribution in [1.29, 1.82) is 0 Å². The first-order valence-corrected chi connectivity index (χ1v) is 7.91. The summed E-state index contributed by atoms with van der Waals surface area (Å²) in [4.78, 5) is 23.6. The molecule has 0 atom stereocenters. The maximum Gasteiger partial charge on any atom is 0.319 e. The van der Waals surface area contributed by atoms with E-state index in [9.17, 15) is 9.59 Å². The number of nitrogens with one attached hydrogen (secondary N) is 2. The summed E-state index contributed by atoms with van der Waals surface area (Å²) in [6.45, 7) is 3.78. The number of urea groups is 1. The Morgan fingerprint density at radius 1 is 1.14 bits per heavy atom. The molecule has 2 rings (SSSR count). The zero-order valence-corrected chi connectivity index (χ0v) is 13.3. The Hall–Kier alpha value is -2.40. The highest BCUT2D eigenvalue weighted by molar-refractivity contribution is 7.08. The molecule has 1 aromatic carbocycles. The van der Waals surface area contributed by atoms with Gasteiger partial charge in [0.05, 0.1) is 0 Å². The van der Waals surface area contributed by atoms with Crippen LogP contribution < -0.4 is 10.6 Å². The molecule has 0 aliphatic carbocycles. The van der Waals surface area contributed by atoms with Crippen molar-refractivity contribution in [2.24, 2.45) is 0 Å². The van der Waals surface area contributed by atoms with Crippen molar-refractivity contribution in [3.05, 3.63) is 58.3 Å². The Morgan fingerprint density at radius 2 is 1.86 bits per heavy atom. The molecule has 114 valence electrons. The zero-order valence-electron chi connectivity index (χ0n) is 12.5. The highest BCUT2D eigenvalue weighted by Crippen LogP contribution is 2.12. The third-order valence-electron chi connectivity index (χ3n) is 2.82. The third kappa shape index (κ3) is 4.86. The Balaban J connectivity index is 1.96. The van der Waals surface area contributed by atoms with Gasteiger partial charge in [0.25, 0.3) is 0 Å². The quantitative estimate of drug-likeness (QED) is 0.642. The Bertz CT molecular complexity index is 658. The van der Waals surface area contributed by atoms with Gasteiger partial charge in [-0.1, -0.05) is 6.08 Å². The molecule has 0 aliphatic rings. The third-order valence-corrected chi connectivity index (χ3v) is 3.52. The van der Waals surface area contributed by atoms with Crippen LogP contribution in [0.2, 0.25) is 0 Å². The summed E-state index contributed by atoms with van der Waals surface area (Å²) in [7, 11) is 0. The summed E-state index contributed by atoms with van der Waals surface area (Å²) in [5.74, 6) is -0.0654. The van der Waals surface area contributed by atoms with Gasteiger partial charge >= 0.3 is 6.03 Å². The van der Waals surface area contributed by atoms with Crippen molar-refractivity contribution >= 4 is 34.9 Å². The lowest BCUT2D eigenvalue weighted by molar-refractivity contribution is 0.104. The molecule has 0 saturated carbocycles. The topological polar surface area (TPSA) is 58.2 Å². The number of anilines is 1. The molecule has 4 nitrogen and oxygen atoms in total. The normalized spacial score (nSPS) is 10.9. The van der Waals surface area contributed by atoms with Crippen LogP contribution in [0.5, 0.6) is 0 Å². The van der Waals surface area contributed by atoms with Crippen molar-refractivity contribution < 1.29 is 9.59 Å². The molecule has 1 aromatic heterocycles. The van der Waals surface area contributed by atoms with Crippen LogP contribution in [0.4, 0.5) is 10.5 Å². The number of carbonyl (C=O) groups is 2. The first kappa shape index (κ1) is 16.0. The maximum absolute atomic E-state index is 12.0. The van der Waals surface area contributed by atoms with Gasteiger partial charge in [-0.05, 0) is 66.6 Å². The lowest BCUT2D eigenvalue weighted by atomic mass is 10.1. The molecule has 1 heterocycles. The summed E-state index contributed by atoms with van der Waals surface area (Å²) >= 11 is 1.59. The van der Waals surface area contributed by atoms with Crippen LogP contribution in [0.3, 0.4) is 0 Å². The van der Waals surface area contributed by atoms with Crippen LogP contribution in [-0.2, 0) is 0 Å². The average Bonchev–Trinajstić information content (AvgIpc) is 2.98. The number of rotatable bonds is 5. The fraction of sp³-hybridized carbons (Fsp3) is 0.176. The van der Waals surface area contributed by atoms with E-state index in [1.54, 1.807) is 47.8 Å². The number of amides is 2. The van der Waals surface area contributed by atoms with E-state index in [0.29, 0.717) is 11.3 Å². The summed E-state index contributed by atoms with van der Waals surface area (Å²) < 4.78 is 0. The second-order valence-corrected chi connectivity index (χ2v) is 5.86. The second-order valence-electron chi connectivity index (χ2n) is 5.08. The van der Waals surface area contributed by atoms with E-state index in [-0.39, 0.29) is 17.9 Å². The van der Waals surface area contributed by atoms with E-state index in [1.807, 2.05) is 30.7 Å². The van der Waals surface area contributed by atoms with Gasteiger partial charge in [0.15, 0.2) is 5.78 Å². The van der Waals surface area contributed by atoms with Gasteiger partial charge in [0.2, 0.25) is 0 Å². The minimum Gasteiger partial charge on any atom is -0.336 e. The van der Waals surface area contributed by atoms with Crippen LogP contribution in [0.15, 0.2) is 47.2 Å². The number of thiophene rings is 1. The number of carbonyl (C=O) groups excluding carboxylic acids is 2. The molecule has 0 fully saturated rings. The molecular formula is C17H18N2O2S. The average molecular weight is 314 g/mol. The largest absolute Gasteiger partial charge is 0.336 e. The Labute approximate surface area is 133 Å². The number of hydrogen-bond donors (Lipinski definition) is 2. The molecule has 2 aromatic rings. The number of hydrogen-bond acceptors (Lipinski definition) is 3. The first-order valence-electron chi connectivity index (χ1n) is 6.97. The molecule has 0 spiro atoms. The summed E-state index contributed by atoms with van der Waals surface area (Å²) in [5.41, 5.74) is 2.25. The van der Waals surface area contributed by atoms with Gasteiger partial charge in [-0.3, -0.25) is 4.79 Å². The minimum absolute atomic E-state index is 0.0654. The molecule has 22 heavy (non-hydrogen) atoms. The van der Waals surface area contributed by atoms with Crippen molar-refractivity contribution in [3.8, 4) is 0 Å². The maximum atomic E-state index is 12.0. The number of allylic oxidation sites excluding steroid dienone is 1. The molecule has 0 bridgehead atoms. The van der Waals surface area contributed by atoms with E-state index < -0.39 is 0 Å². The van der Waals surface area contributed by atoms with Crippen molar-refractivity contribution in [3.63, 3.8) is 0 Å². The number of ketones is 1. The molecular weight excluding hydrogens is 296 g/mol. The van der Waals surface area contributed by atoms with E-state index in [2.05, 4.69) is 10.6 Å². The summed E-state index contributed by atoms with van der Waals surface area (Å²) in [5, 5.41) is 9.39. The minimum atomic E-state index is -0.258. The standard InChI is InChI=1S/C17H18N2O2S/c1-12(2)18-17(21)19-15-6-4-14(5-7-15)16(20)8-3-13-9-10-22-11-13/h3-12H,1-2H3,(H2,18,19,21)/b8-3+. The van der Waals surface area contributed by atoms with Gasteiger partial charge in [0, 0.05) is 17.3 Å². The SMILES string of the molecule is CC(C)NC(=O)Nc1ccc(C(=O)/C=C/c2ccsc2)cc1. The molecule has 2 N–H and O–H groups in total. The molecule has 0 saturated heterocycles. The molecule has 5 heteroatoms. The van der Waals surface area contributed by atoms with Gasteiger partial charge in [-0.15, -0.1) is 0 Å². The zero-order chi connectivity index (χ0) is 15.9. The Kier molecular flexibility index (Phi) is 5.49. The number of benzene rings is 1. The fourth-order valence-corrected chi connectivity index (χ4v) is 2.41. The van der Waals surface area contributed by atoms with Crippen LogP contribution >= 0.6 is 11.3 Å². The predicted octanol–water partition coefficient (Wildman–Crippen LogP) is 4.17. The molecule has 0 unspecified atom stereocenters. The Morgan fingerprint density at radius 3 is 2.45 bits per heavy atom. The van der Waals surface area contributed by atoms with Gasteiger partial charge in [-0.25, -0.2) is 4.79 Å². The second kappa shape index (κ2) is 7.56. The summed E-state index contributed by atoms with van der Waals surface area (Å²) in [6.07, 6.45) is 3.34. The smallest absolute Gasteiger partial charge is 0.319 e. The van der Waals surface area contributed by atoms with Crippen LogP contribution in [0, 0.1) is 0 Å². The van der Waals surface area contributed by atoms with Crippen LogP contribution in [0.1, 0.15) is 29.8 Å². The van der Waals surface area contributed by atoms with E-state index >= 15 is 0 Å². The fourth-order valence-electron chi connectivity index (χ4n) is 1.79. The monoisotopic (exact) mass is 314 g/mol. The lowest BCUT2D eigenvalue weighted by Crippen LogP contribution is -2.34. The summed E-state index contributed by atoms with van der Waals surface area (Å²) in [6, 6.07) is 8.59. The highest BCUT2D eigenvalue weighted by Gasteiger charge is 2.05. The highest BCUT2D eigenvalue weighted by atomic mass is 32.1. The van der Waals surface area contributed by atoms with Crippen molar-refractivity contribution in [1.82, 2.24) is 5.32 Å². The van der Waals surface area contributed by atoms with Gasteiger partial charge in [-0.2, -0.15) is 11.3 Å². The van der Waals surface area contributed by atoms with Crippen LogP contribution in [-0.4, -0.2) is 17.9 Å². The van der Waals surface area contributed by atoms with E-state index in [4.69, 9.17) is 0 Å². The van der Waals surface area contributed by atoms with Crippen molar-refractivity contribution in [2.75, 3.05) is 5.32 Å². The van der Waals surface area contributed by atoms with Gasteiger partial charge < -0.3 is 10.6 Å². The van der Waals surface area contributed by atoms with Crippen LogP contribution in [0.25, 0.3) is 6.08 Å². The first-order chi connectivity index (χ1) is 10.5. The molecule has 0 radical (unpaired) electrons. The molecule has 0 aliphatic heterocycles. The van der Waals surface area contributed by atoms with Gasteiger partial charge in [0.1, 0.15) is 0 Å². The van der Waals surface area contributed by atoms with Crippen molar-refractivity contribution in [2.45, 2.75) is 19.9 Å². The predicted molar refractivity (Wildman–Crippen MR) is 91.4 cm³/mol. The lowest BCUT2D eigenvalue weighted by Gasteiger charge is -2.10.